The zero-order valence-electron chi connectivity index (χ0n) is 14.6. The van der Waals surface area contributed by atoms with Crippen LogP contribution in [0.3, 0.4) is 0 Å². The Morgan fingerprint density at radius 3 is 2.52 bits per heavy atom. The predicted molar refractivity (Wildman–Crippen MR) is 103 cm³/mol. The minimum atomic E-state index is -0.0532. The van der Waals surface area contributed by atoms with E-state index in [0.29, 0.717) is 26.3 Å². The zero-order valence-corrected chi connectivity index (χ0v) is 16.9. The van der Waals surface area contributed by atoms with Gasteiger partial charge in [0.25, 0.3) is 0 Å². The molecule has 2 heterocycles. The number of benzene rings is 1. The Labute approximate surface area is 163 Å². The Morgan fingerprint density at radius 1 is 1.20 bits per heavy atom. The Hall–Kier alpha value is -0.660. The highest BCUT2D eigenvalue weighted by atomic mass is 79.9. The molecule has 0 bridgehead atoms. The van der Waals surface area contributed by atoms with Crippen molar-refractivity contribution in [1.29, 1.82) is 0 Å². The average Bonchev–Trinajstić information content (AvgIpc) is 2.64. The normalized spacial score (nSPS) is 21.3. The number of rotatable bonds is 4. The van der Waals surface area contributed by atoms with Crippen LogP contribution in [0, 0.1) is 0 Å². The molecule has 0 aromatic heterocycles. The first-order valence-electron chi connectivity index (χ1n) is 8.81. The van der Waals surface area contributed by atoms with E-state index in [9.17, 15) is 4.79 Å². The molecule has 2 aliphatic rings. The number of hydrogen-bond donors (Lipinski definition) is 0. The fourth-order valence-electron chi connectivity index (χ4n) is 3.40. The Bertz CT molecular complexity index is 602. The lowest BCUT2D eigenvalue weighted by Gasteiger charge is -2.39. The van der Waals surface area contributed by atoms with Gasteiger partial charge in [-0.3, -0.25) is 14.6 Å². The molecule has 0 aliphatic carbocycles. The number of piperazine rings is 1. The lowest BCUT2D eigenvalue weighted by atomic mass is 10.1. The highest BCUT2D eigenvalue weighted by Gasteiger charge is 2.29. The monoisotopic (exact) mass is 429 g/mol. The van der Waals surface area contributed by atoms with Crippen LogP contribution in [-0.2, 0) is 16.1 Å². The smallest absolute Gasteiger partial charge is 0.239 e. The van der Waals surface area contributed by atoms with Crippen molar-refractivity contribution in [2.24, 2.45) is 0 Å². The van der Waals surface area contributed by atoms with Gasteiger partial charge in [-0.05, 0) is 24.6 Å². The summed E-state index contributed by atoms with van der Waals surface area (Å²) in [6.45, 7) is 9.45. The van der Waals surface area contributed by atoms with E-state index in [0.717, 1.165) is 42.2 Å². The van der Waals surface area contributed by atoms with Crippen molar-refractivity contribution < 1.29 is 9.53 Å². The van der Waals surface area contributed by atoms with E-state index >= 15 is 0 Å². The number of carbonyl (C=O) groups excluding carboxylic acids is 1. The molecule has 2 saturated heterocycles. The van der Waals surface area contributed by atoms with E-state index < -0.39 is 0 Å². The second-order valence-corrected chi connectivity index (χ2v) is 7.95. The molecule has 25 heavy (non-hydrogen) atoms. The van der Waals surface area contributed by atoms with Gasteiger partial charge in [0, 0.05) is 55.3 Å². The van der Waals surface area contributed by atoms with E-state index in [-0.39, 0.29) is 11.9 Å². The van der Waals surface area contributed by atoms with Gasteiger partial charge in [0.15, 0.2) is 0 Å². The molecule has 5 nitrogen and oxygen atoms in total. The van der Waals surface area contributed by atoms with Crippen LogP contribution in [0.4, 0.5) is 0 Å². The molecule has 0 N–H and O–H groups in total. The van der Waals surface area contributed by atoms with E-state index in [1.165, 1.54) is 5.56 Å². The van der Waals surface area contributed by atoms with Crippen LogP contribution in [0.2, 0.25) is 5.02 Å². The van der Waals surface area contributed by atoms with E-state index in [4.69, 9.17) is 16.3 Å². The second-order valence-electron chi connectivity index (χ2n) is 6.66. The third-order valence-electron chi connectivity index (χ3n) is 5.04. The van der Waals surface area contributed by atoms with Crippen molar-refractivity contribution in [1.82, 2.24) is 14.7 Å². The number of morpholine rings is 1. The molecule has 1 aromatic rings. The summed E-state index contributed by atoms with van der Waals surface area (Å²) in [7, 11) is 0. The van der Waals surface area contributed by atoms with Gasteiger partial charge in [-0.2, -0.15) is 0 Å². The van der Waals surface area contributed by atoms with Crippen LogP contribution < -0.4 is 0 Å². The van der Waals surface area contributed by atoms with E-state index in [2.05, 4.69) is 31.8 Å². The zero-order chi connectivity index (χ0) is 17.8. The maximum absolute atomic E-state index is 12.6. The first-order valence-corrected chi connectivity index (χ1v) is 9.98. The van der Waals surface area contributed by atoms with E-state index in [1.54, 1.807) is 0 Å². The van der Waals surface area contributed by atoms with E-state index in [1.807, 2.05) is 24.0 Å². The Morgan fingerprint density at radius 2 is 1.88 bits per heavy atom. The maximum Gasteiger partial charge on any atom is 0.239 e. The summed E-state index contributed by atoms with van der Waals surface area (Å²) in [5.41, 5.74) is 1.25. The second kappa shape index (κ2) is 8.82. The molecule has 2 aliphatic heterocycles. The van der Waals surface area contributed by atoms with Crippen molar-refractivity contribution in [3.8, 4) is 0 Å². The van der Waals surface area contributed by atoms with Gasteiger partial charge in [-0.15, -0.1) is 0 Å². The molecule has 0 radical (unpaired) electrons. The number of amides is 1. The molecule has 3 rings (SSSR count). The summed E-state index contributed by atoms with van der Waals surface area (Å²) in [5.74, 6) is 0.234. The highest BCUT2D eigenvalue weighted by Crippen LogP contribution is 2.23. The summed E-state index contributed by atoms with van der Waals surface area (Å²) < 4.78 is 6.39. The van der Waals surface area contributed by atoms with Gasteiger partial charge in [0.2, 0.25) is 5.91 Å². The molecule has 7 heteroatoms. The third kappa shape index (κ3) is 4.95. The van der Waals surface area contributed by atoms with Crippen LogP contribution in [0.15, 0.2) is 22.7 Å². The van der Waals surface area contributed by atoms with Gasteiger partial charge < -0.3 is 9.64 Å². The standard InChI is InChI=1S/C18H25BrClN3O2/c1-14(18(24)23-8-10-25-11-9-23)22-6-4-21(5-7-22)13-15-2-3-16(20)12-17(15)19/h2-3,12,14H,4-11,13H2,1H3. The topological polar surface area (TPSA) is 36.0 Å². The number of carbonyl (C=O) groups is 1. The minimum Gasteiger partial charge on any atom is -0.378 e. The van der Waals surface area contributed by atoms with Gasteiger partial charge in [0.05, 0.1) is 19.3 Å². The van der Waals surface area contributed by atoms with Crippen molar-refractivity contribution in [2.45, 2.75) is 19.5 Å². The van der Waals surface area contributed by atoms with Gasteiger partial charge >= 0.3 is 0 Å². The summed E-state index contributed by atoms with van der Waals surface area (Å²) in [4.78, 5) is 19.3. The largest absolute Gasteiger partial charge is 0.378 e. The van der Waals surface area contributed by atoms with Gasteiger partial charge in [0.1, 0.15) is 0 Å². The molecule has 2 fully saturated rings. The number of halogens is 2. The molecule has 1 amide bonds. The van der Waals surface area contributed by atoms with Crippen LogP contribution in [-0.4, -0.2) is 79.1 Å². The van der Waals surface area contributed by atoms with Crippen LogP contribution in [0.1, 0.15) is 12.5 Å². The summed E-state index contributed by atoms with van der Waals surface area (Å²) in [6, 6.07) is 5.89. The molecular weight excluding hydrogens is 406 g/mol. The first kappa shape index (κ1) is 19.1. The molecule has 0 spiro atoms. The Kier molecular flexibility index (Phi) is 6.74. The van der Waals surface area contributed by atoms with Crippen molar-refractivity contribution in [2.75, 3.05) is 52.5 Å². The number of ether oxygens (including phenoxy) is 1. The molecular formula is C18H25BrClN3O2. The molecule has 1 atom stereocenters. The SMILES string of the molecule is CC(C(=O)N1CCOCC1)N1CCN(Cc2ccc(Cl)cc2Br)CC1. The molecule has 1 aromatic carbocycles. The maximum atomic E-state index is 12.6. The van der Waals surface area contributed by atoms with Gasteiger partial charge in [-0.1, -0.05) is 33.6 Å². The van der Waals surface area contributed by atoms with Crippen LogP contribution in [0.5, 0.6) is 0 Å². The molecule has 138 valence electrons. The summed E-state index contributed by atoms with van der Waals surface area (Å²) in [5, 5.41) is 0.746. The Balaban J connectivity index is 1.50. The summed E-state index contributed by atoms with van der Waals surface area (Å²) in [6.07, 6.45) is 0. The van der Waals surface area contributed by atoms with Crippen molar-refractivity contribution in [3.05, 3.63) is 33.3 Å². The molecule has 1 unspecified atom stereocenters. The molecule has 0 saturated carbocycles. The number of nitrogens with zero attached hydrogens (tertiary/aromatic N) is 3. The number of hydrogen-bond acceptors (Lipinski definition) is 4. The summed E-state index contributed by atoms with van der Waals surface area (Å²) >= 11 is 9.60. The average molecular weight is 431 g/mol. The van der Waals surface area contributed by atoms with Crippen LogP contribution in [0.25, 0.3) is 0 Å². The van der Waals surface area contributed by atoms with Crippen LogP contribution >= 0.6 is 27.5 Å². The lowest BCUT2D eigenvalue weighted by molar-refractivity contribution is -0.141. The third-order valence-corrected chi connectivity index (χ3v) is 6.02. The first-order chi connectivity index (χ1) is 12.0. The quantitative estimate of drug-likeness (QED) is 0.735. The lowest BCUT2D eigenvalue weighted by Crippen LogP contribution is -2.55. The van der Waals surface area contributed by atoms with Crippen molar-refractivity contribution in [3.63, 3.8) is 0 Å². The minimum absolute atomic E-state index is 0.0532. The highest BCUT2D eigenvalue weighted by molar-refractivity contribution is 9.10. The predicted octanol–water partition coefficient (Wildman–Crippen LogP) is 2.47. The fourth-order valence-corrected chi connectivity index (χ4v) is 4.21. The van der Waals surface area contributed by atoms with Crippen molar-refractivity contribution >= 4 is 33.4 Å². The van der Waals surface area contributed by atoms with Gasteiger partial charge in [-0.25, -0.2) is 0 Å². The fraction of sp³-hybridized carbons (Fsp3) is 0.611.